The molecule has 0 saturated heterocycles. The summed E-state index contributed by atoms with van der Waals surface area (Å²) in [4.78, 5) is 0. The fourth-order valence-corrected chi connectivity index (χ4v) is 0.517. The third-order valence-corrected chi connectivity index (χ3v) is 0.873. The molecule has 0 bridgehead atoms. The highest BCUT2D eigenvalue weighted by atomic mass is 15.3. The van der Waals surface area contributed by atoms with Gasteiger partial charge in [0.25, 0.3) is 0 Å². The average Bonchev–Trinajstić information content (AvgIpc) is 2.19. The Bertz CT molecular complexity index is 145. The molecule has 0 unspecified atom stereocenters. The lowest BCUT2D eigenvalue weighted by Gasteiger charge is -1.88. The Kier molecular flexibility index (Phi) is 1.47. The van der Waals surface area contributed by atoms with Crippen LogP contribution in [0.4, 0.5) is 0 Å². The molecule has 0 N–H and O–H groups in total. The van der Waals surface area contributed by atoms with Crippen molar-refractivity contribution in [2.75, 3.05) is 0 Å². The maximum atomic E-state index is 3.78. The van der Waals surface area contributed by atoms with Crippen molar-refractivity contribution in [1.82, 2.24) is 5.43 Å². The first kappa shape index (κ1) is 5.09. The number of rotatable bonds is 2. The van der Waals surface area contributed by atoms with E-state index in [-0.39, 0.29) is 0 Å². The van der Waals surface area contributed by atoms with Gasteiger partial charge in [0.15, 0.2) is 0 Å². The second kappa shape index (κ2) is 2.31. The highest BCUT2D eigenvalue weighted by molar-refractivity contribution is 5.73. The van der Waals surface area contributed by atoms with Gasteiger partial charge in [-0.1, -0.05) is 6.08 Å². The Hall–Kier alpha value is -1.05. The standard InChI is InChI=1S/C6H7N2/c1-2-3-6-4-5-7-8-6/h2,4-5H,1,3H2. The van der Waals surface area contributed by atoms with Crippen LogP contribution in [-0.2, 0) is 0 Å². The fourth-order valence-electron chi connectivity index (χ4n) is 0.517. The molecule has 0 aliphatic carbocycles. The zero-order valence-electron chi connectivity index (χ0n) is 4.54. The fraction of sp³-hybridized carbons (Fsp3) is 0.167. The summed E-state index contributed by atoms with van der Waals surface area (Å²) in [5.74, 6) is 0. The Labute approximate surface area is 48.6 Å². The molecule has 2 heteroatoms. The summed E-state index contributed by atoms with van der Waals surface area (Å²) in [5.41, 5.74) is 4.77. The molecule has 1 heterocycles. The molecule has 1 aliphatic rings. The molecule has 1 radical (unpaired) electrons. The van der Waals surface area contributed by atoms with Gasteiger partial charge in [-0.05, 0) is 6.08 Å². The molecule has 41 valence electrons. The van der Waals surface area contributed by atoms with Gasteiger partial charge in [0.05, 0.1) is 11.9 Å². The van der Waals surface area contributed by atoms with Gasteiger partial charge in [0.2, 0.25) is 0 Å². The van der Waals surface area contributed by atoms with E-state index < -0.39 is 0 Å². The molecule has 0 amide bonds. The quantitative estimate of drug-likeness (QED) is 0.471. The minimum atomic E-state index is 0.819. The average molecular weight is 107 g/mol. The summed E-state index contributed by atoms with van der Waals surface area (Å²) in [6.45, 7) is 3.57. The van der Waals surface area contributed by atoms with Crippen LogP contribution in [0.5, 0.6) is 0 Å². The predicted molar refractivity (Wildman–Crippen MR) is 33.5 cm³/mol. The van der Waals surface area contributed by atoms with Crippen LogP contribution in [0.2, 0.25) is 0 Å². The maximum Gasteiger partial charge on any atom is 0.0683 e. The lowest BCUT2D eigenvalue weighted by atomic mass is 10.3. The highest BCUT2D eigenvalue weighted by Gasteiger charge is 1.95. The second-order valence-electron chi connectivity index (χ2n) is 1.52. The highest BCUT2D eigenvalue weighted by Crippen LogP contribution is 2.01. The van der Waals surface area contributed by atoms with Crippen LogP contribution in [0, 0.1) is 0 Å². The summed E-state index contributed by atoms with van der Waals surface area (Å²) in [6, 6.07) is 0. The molecule has 2 nitrogen and oxygen atoms in total. The van der Waals surface area contributed by atoms with Gasteiger partial charge in [0.1, 0.15) is 0 Å². The molecule has 0 saturated carbocycles. The van der Waals surface area contributed by atoms with Gasteiger partial charge in [0, 0.05) is 6.42 Å². The van der Waals surface area contributed by atoms with Crippen LogP contribution >= 0.6 is 0 Å². The lowest BCUT2D eigenvalue weighted by Crippen LogP contribution is -1.88. The van der Waals surface area contributed by atoms with Gasteiger partial charge in [-0.15, -0.1) is 6.58 Å². The first-order chi connectivity index (χ1) is 3.93. The third-order valence-electron chi connectivity index (χ3n) is 0.873. The van der Waals surface area contributed by atoms with Crippen LogP contribution < -0.4 is 5.43 Å². The van der Waals surface area contributed by atoms with Crippen molar-refractivity contribution in [1.29, 1.82) is 0 Å². The molecule has 0 aromatic rings. The van der Waals surface area contributed by atoms with Crippen molar-refractivity contribution < 1.29 is 0 Å². The van der Waals surface area contributed by atoms with Crippen molar-refractivity contribution in [2.24, 2.45) is 5.10 Å². The number of hydrogen-bond donors (Lipinski definition) is 0. The molecule has 1 rings (SSSR count). The summed E-state index contributed by atoms with van der Waals surface area (Å²) < 4.78 is 0. The zero-order chi connectivity index (χ0) is 5.82. The van der Waals surface area contributed by atoms with Crippen LogP contribution in [-0.4, -0.2) is 6.21 Å². The molecular formula is C6H7N2. The number of hydrogen-bond acceptors (Lipinski definition) is 1. The smallest absolute Gasteiger partial charge is 0.0683 e. The maximum absolute atomic E-state index is 3.78. The molecule has 0 fully saturated rings. The second-order valence-corrected chi connectivity index (χ2v) is 1.52. The van der Waals surface area contributed by atoms with E-state index in [0.717, 1.165) is 12.1 Å². The van der Waals surface area contributed by atoms with Gasteiger partial charge in [-0.2, -0.15) is 10.5 Å². The molecule has 0 atom stereocenters. The Morgan fingerprint density at radius 3 is 3.12 bits per heavy atom. The van der Waals surface area contributed by atoms with Crippen LogP contribution in [0.15, 0.2) is 29.5 Å². The molecular weight excluding hydrogens is 100 g/mol. The van der Waals surface area contributed by atoms with E-state index in [1.165, 1.54) is 0 Å². The third kappa shape index (κ3) is 0.964. The van der Waals surface area contributed by atoms with Crippen LogP contribution in [0.1, 0.15) is 6.42 Å². The topological polar surface area (TPSA) is 26.5 Å². The summed E-state index contributed by atoms with van der Waals surface area (Å²) >= 11 is 0. The first-order valence-electron chi connectivity index (χ1n) is 2.47. The molecule has 1 aliphatic heterocycles. The van der Waals surface area contributed by atoms with E-state index in [4.69, 9.17) is 0 Å². The van der Waals surface area contributed by atoms with Gasteiger partial charge in [-0.3, -0.25) is 0 Å². The van der Waals surface area contributed by atoms with E-state index in [1.807, 2.05) is 12.2 Å². The minimum absolute atomic E-state index is 0.819. The van der Waals surface area contributed by atoms with Crippen molar-refractivity contribution in [3.05, 3.63) is 24.4 Å². The molecule has 0 aromatic carbocycles. The monoisotopic (exact) mass is 107 g/mol. The Morgan fingerprint density at radius 1 is 1.75 bits per heavy atom. The van der Waals surface area contributed by atoms with Crippen molar-refractivity contribution in [3.63, 3.8) is 0 Å². The van der Waals surface area contributed by atoms with E-state index in [1.54, 1.807) is 6.21 Å². The van der Waals surface area contributed by atoms with Crippen molar-refractivity contribution in [3.8, 4) is 0 Å². The Morgan fingerprint density at radius 2 is 2.62 bits per heavy atom. The minimum Gasteiger partial charge on any atom is -0.159 e. The summed E-state index contributed by atoms with van der Waals surface area (Å²) in [6.07, 6.45) is 6.19. The lowest BCUT2D eigenvalue weighted by molar-refractivity contribution is 0.864. The SMILES string of the molecule is C=CCC1=CC=N[N]1. The molecule has 8 heavy (non-hydrogen) atoms. The van der Waals surface area contributed by atoms with Crippen LogP contribution in [0.3, 0.4) is 0 Å². The summed E-state index contributed by atoms with van der Waals surface area (Å²) in [5, 5.41) is 3.64. The zero-order valence-corrected chi connectivity index (χ0v) is 4.54. The molecule has 0 spiro atoms. The van der Waals surface area contributed by atoms with Gasteiger partial charge in [-0.25, -0.2) is 0 Å². The summed E-state index contributed by atoms with van der Waals surface area (Å²) in [7, 11) is 0. The Balaban J connectivity index is 2.39. The number of nitrogens with zero attached hydrogens (tertiary/aromatic N) is 2. The molecule has 0 aromatic heterocycles. The predicted octanol–water partition coefficient (Wildman–Crippen LogP) is 1.05. The largest absolute Gasteiger partial charge is 0.159 e. The van der Waals surface area contributed by atoms with E-state index in [2.05, 4.69) is 17.1 Å². The first-order valence-corrected chi connectivity index (χ1v) is 2.47. The van der Waals surface area contributed by atoms with E-state index >= 15 is 0 Å². The van der Waals surface area contributed by atoms with Crippen molar-refractivity contribution in [2.45, 2.75) is 6.42 Å². The van der Waals surface area contributed by atoms with Crippen LogP contribution in [0.25, 0.3) is 0 Å². The van der Waals surface area contributed by atoms with Crippen molar-refractivity contribution >= 4 is 6.21 Å². The van der Waals surface area contributed by atoms with Gasteiger partial charge < -0.3 is 0 Å². The van der Waals surface area contributed by atoms with Gasteiger partial charge >= 0.3 is 0 Å². The van der Waals surface area contributed by atoms with E-state index in [0.29, 0.717) is 0 Å². The van der Waals surface area contributed by atoms with E-state index in [9.17, 15) is 0 Å². The number of allylic oxidation sites excluding steroid dienone is 2. The normalized spacial score (nSPS) is 15.2.